The Hall–Kier alpha value is -4.62. The molecule has 6 rings (SSSR count). The summed E-state index contributed by atoms with van der Waals surface area (Å²) >= 11 is 19.0. The number of aromatic nitrogens is 2. The number of nitrogens with one attached hydrogen (secondary N) is 1. The summed E-state index contributed by atoms with van der Waals surface area (Å²) in [5.41, 5.74) is -0.257. The van der Waals surface area contributed by atoms with Gasteiger partial charge in [-0.25, -0.2) is 23.1 Å². The molecule has 1 atom stereocenters. The maximum absolute atomic E-state index is 14.5. The van der Waals surface area contributed by atoms with Crippen LogP contribution in [0.4, 0.5) is 16.2 Å². The summed E-state index contributed by atoms with van der Waals surface area (Å²) in [6.07, 6.45) is 13.8. The van der Waals surface area contributed by atoms with Crippen LogP contribution in [0.2, 0.25) is 15.1 Å². The average molecular weight is 896 g/mol. The number of sulfonamides is 1. The Labute approximate surface area is 366 Å². The molecule has 1 aromatic heterocycles. The highest BCUT2D eigenvalue weighted by Crippen LogP contribution is 2.39. The van der Waals surface area contributed by atoms with Crippen LogP contribution in [0.25, 0.3) is 16.6 Å². The van der Waals surface area contributed by atoms with Gasteiger partial charge >= 0.3 is 6.09 Å². The number of imide groups is 1. The van der Waals surface area contributed by atoms with Gasteiger partial charge in [0.25, 0.3) is 21.5 Å². The van der Waals surface area contributed by atoms with Crippen molar-refractivity contribution >= 4 is 79.1 Å². The Morgan fingerprint density at radius 3 is 2.00 bits per heavy atom. The molecule has 15 heteroatoms. The third-order valence-electron chi connectivity index (χ3n) is 10.4. The molecular formula is C45H49Cl3N4O7S. The lowest BCUT2D eigenvalue weighted by Crippen LogP contribution is -2.32. The molecule has 1 saturated heterocycles. The second kappa shape index (κ2) is 21.3. The van der Waals surface area contributed by atoms with E-state index in [0.717, 1.165) is 29.9 Å². The highest BCUT2D eigenvalue weighted by atomic mass is 35.5. The van der Waals surface area contributed by atoms with Gasteiger partial charge in [0.05, 0.1) is 49.5 Å². The number of cyclic esters (lactones) is 1. The van der Waals surface area contributed by atoms with Crippen molar-refractivity contribution in [2.75, 3.05) is 16.2 Å². The van der Waals surface area contributed by atoms with Crippen LogP contribution in [0.3, 0.4) is 0 Å². The summed E-state index contributed by atoms with van der Waals surface area (Å²) in [4.78, 5) is 47.4. The van der Waals surface area contributed by atoms with Gasteiger partial charge in [0.2, 0.25) is 6.10 Å². The Morgan fingerprint density at radius 1 is 0.733 bits per heavy atom. The first-order chi connectivity index (χ1) is 29.0. The zero-order valence-electron chi connectivity index (χ0n) is 33.5. The molecule has 11 nitrogen and oxygen atoms in total. The van der Waals surface area contributed by atoms with Crippen LogP contribution in [-0.2, 0) is 19.6 Å². The quantitative estimate of drug-likeness (QED) is 0.0678. The van der Waals surface area contributed by atoms with Gasteiger partial charge in [-0.15, -0.1) is 0 Å². The predicted molar refractivity (Wildman–Crippen MR) is 239 cm³/mol. The van der Waals surface area contributed by atoms with E-state index in [4.69, 9.17) is 44.3 Å². The molecular weight excluding hydrogens is 847 g/mol. The maximum Gasteiger partial charge on any atom is 0.422 e. The van der Waals surface area contributed by atoms with Crippen LogP contribution in [-0.4, -0.2) is 36.6 Å². The fourth-order valence-corrected chi connectivity index (χ4v) is 9.09. The fourth-order valence-electron chi connectivity index (χ4n) is 7.21. The van der Waals surface area contributed by atoms with Gasteiger partial charge in [0, 0.05) is 5.02 Å². The highest BCUT2D eigenvalue weighted by Gasteiger charge is 2.47. The smallest absolute Gasteiger partial charge is 0.422 e. The third-order valence-corrected chi connectivity index (χ3v) is 12.6. The molecule has 0 aliphatic carbocycles. The predicted octanol–water partition coefficient (Wildman–Crippen LogP) is 12.2. The standard InChI is InChI=1S/C45H49Cl3N4O7S/c1-2-3-4-5-6-7-8-9-10-11-12-13-14-20-27-58-39-26-25-33(60(56,57)50-37-24-19-18-23-35(37)47)30-38(39)52-44(54)41(59-45(52)55)42-49-40-34(28-31(46)29-36(40)48)43(53)51(42)32-21-16-15-17-22-32/h15-19,21-26,28-30,41,50H,2-14,20,27H2,1H3. The Bertz CT molecular complexity index is 2470. The van der Waals surface area contributed by atoms with Crippen LogP contribution in [0, 0.1) is 0 Å². The number of anilines is 2. The van der Waals surface area contributed by atoms with Gasteiger partial charge in [0.1, 0.15) is 5.75 Å². The van der Waals surface area contributed by atoms with Crippen molar-refractivity contribution in [2.45, 2.75) is 108 Å². The summed E-state index contributed by atoms with van der Waals surface area (Å²) in [6, 6.07) is 21.4. The molecule has 0 radical (unpaired) electrons. The number of rotatable bonds is 22. The molecule has 2 heterocycles. The van der Waals surface area contributed by atoms with Crippen molar-refractivity contribution in [3.05, 3.63) is 116 Å². The second-order valence-corrected chi connectivity index (χ2v) is 17.8. The third kappa shape index (κ3) is 11.0. The van der Waals surface area contributed by atoms with E-state index in [1.54, 1.807) is 42.5 Å². The van der Waals surface area contributed by atoms with Gasteiger partial charge in [-0.2, -0.15) is 0 Å². The van der Waals surface area contributed by atoms with E-state index in [-0.39, 0.29) is 60.4 Å². The number of benzene rings is 4. The van der Waals surface area contributed by atoms with Crippen LogP contribution in [0.5, 0.6) is 5.75 Å². The maximum atomic E-state index is 14.5. The molecule has 318 valence electrons. The van der Waals surface area contributed by atoms with Crippen LogP contribution in [0.1, 0.15) is 109 Å². The molecule has 1 N–H and O–H groups in total. The van der Waals surface area contributed by atoms with Gasteiger partial charge in [-0.1, -0.05) is 156 Å². The number of halogens is 3. The minimum atomic E-state index is -4.30. The zero-order chi connectivity index (χ0) is 42.6. The number of carbonyl (C=O) groups excluding carboxylic acids is 2. The van der Waals surface area contributed by atoms with Crippen molar-refractivity contribution in [1.29, 1.82) is 0 Å². The van der Waals surface area contributed by atoms with E-state index in [1.165, 1.54) is 101 Å². The van der Waals surface area contributed by atoms with E-state index in [9.17, 15) is 22.8 Å². The number of hydrogen-bond donors (Lipinski definition) is 1. The Kier molecular flexibility index (Phi) is 15.9. The molecule has 1 aliphatic heterocycles. The summed E-state index contributed by atoms with van der Waals surface area (Å²) in [5.74, 6) is -1.08. The van der Waals surface area contributed by atoms with Crippen molar-refractivity contribution in [2.24, 2.45) is 0 Å². The number of hydrogen-bond acceptors (Lipinski definition) is 8. The van der Waals surface area contributed by atoms with Crippen molar-refractivity contribution in [1.82, 2.24) is 9.55 Å². The number of ether oxygens (including phenoxy) is 2. The monoisotopic (exact) mass is 894 g/mol. The summed E-state index contributed by atoms with van der Waals surface area (Å²) < 4.78 is 42.9. The van der Waals surface area contributed by atoms with Crippen LogP contribution in [0.15, 0.2) is 94.6 Å². The van der Waals surface area contributed by atoms with Gasteiger partial charge < -0.3 is 9.47 Å². The van der Waals surface area contributed by atoms with Crippen LogP contribution >= 0.6 is 34.8 Å². The first-order valence-electron chi connectivity index (χ1n) is 20.6. The number of fused-ring (bicyclic) bond motifs is 1. The molecule has 0 saturated carbocycles. The van der Waals surface area contributed by atoms with E-state index in [2.05, 4.69) is 16.6 Å². The molecule has 0 bridgehead atoms. The molecule has 4 aromatic carbocycles. The number of para-hydroxylation sites is 2. The first-order valence-corrected chi connectivity index (χ1v) is 23.2. The number of nitrogens with zero attached hydrogens (tertiary/aromatic N) is 3. The minimum absolute atomic E-state index is 0.0477. The highest BCUT2D eigenvalue weighted by molar-refractivity contribution is 7.92. The number of carbonyl (C=O) groups is 2. The zero-order valence-corrected chi connectivity index (χ0v) is 36.6. The lowest BCUT2D eigenvalue weighted by molar-refractivity contribution is -0.122. The summed E-state index contributed by atoms with van der Waals surface area (Å²) in [7, 11) is -4.30. The molecule has 1 aliphatic rings. The van der Waals surface area contributed by atoms with Crippen molar-refractivity contribution in [3.63, 3.8) is 0 Å². The van der Waals surface area contributed by atoms with E-state index in [0.29, 0.717) is 17.0 Å². The fraction of sp³-hybridized carbons (Fsp3) is 0.378. The molecule has 2 amide bonds. The Balaban J connectivity index is 1.22. The van der Waals surface area contributed by atoms with E-state index < -0.39 is 33.7 Å². The second-order valence-electron chi connectivity index (χ2n) is 14.8. The molecule has 1 fully saturated rings. The van der Waals surface area contributed by atoms with E-state index >= 15 is 0 Å². The van der Waals surface area contributed by atoms with Crippen LogP contribution < -0.4 is 19.9 Å². The minimum Gasteiger partial charge on any atom is -0.491 e. The van der Waals surface area contributed by atoms with Gasteiger partial charge in [-0.3, -0.25) is 18.9 Å². The molecule has 5 aromatic rings. The van der Waals surface area contributed by atoms with E-state index in [1.807, 2.05) is 0 Å². The van der Waals surface area contributed by atoms with Crippen molar-refractivity contribution in [3.8, 4) is 11.4 Å². The SMILES string of the molecule is CCCCCCCCCCCCCCCCOc1ccc(S(=O)(=O)Nc2ccccc2Cl)cc1N1C(=O)OC(c2nc3c(Cl)cc(Cl)cc3c(=O)n2-c2ccccc2)C1=O. The molecule has 1 unspecified atom stereocenters. The average Bonchev–Trinajstić information content (AvgIpc) is 3.53. The lowest BCUT2D eigenvalue weighted by atomic mass is 10.0. The largest absolute Gasteiger partial charge is 0.491 e. The normalized spacial score (nSPS) is 14.2. The summed E-state index contributed by atoms with van der Waals surface area (Å²) in [5, 5.41) is 0.503. The number of unbranched alkanes of at least 4 members (excludes halogenated alkanes) is 13. The molecule has 0 spiro atoms. The summed E-state index contributed by atoms with van der Waals surface area (Å²) in [6.45, 7) is 2.48. The van der Waals surface area contributed by atoms with Gasteiger partial charge in [0.15, 0.2) is 5.82 Å². The van der Waals surface area contributed by atoms with Crippen molar-refractivity contribution < 1.29 is 27.5 Å². The topological polar surface area (TPSA) is 137 Å². The first kappa shape index (κ1) is 44.9. The molecule has 60 heavy (non-hydrogen) atoms. The van der Waals surface area contributed by atoms with Gasteiger partial charge in [-0.05, 0) is 61.0 Å². The number of amides is 2. The Morgan fingerprint density at radius 2 is 1.35 bits per heavy atom. The lowest BCUT2D eigenvalue weighted by Gasteiger charge is -2.19.